The second-order valence-electron chi connectivity index (χ2n) is 7.00. The van der Waals surface area contributed by atoms with E-state index < -0.39 is 0 Å². The monoisotopic (exact) mass is 339 g/mol. The van der Waals surface area contributed by atoms with Gasteiger partial charge in [0.25, 0.3) is 0 Å². The Morgan fingerprint density at radius 1 is 0.720 bits per heavy atom. The van der Waals surface area contributed by atoms with Crippen molar-refractivity contribution in [3.05, 3.63) is 59.7 Å². The summed E-state index contributed by atoms with van der Waals surface area (Å²) in [6, 6.07) is 16.8. The Balaban J connectivity index is 1.59. The van der Waals surface area contributed by atoms with Crippen LogP contribution in [0.3, 0.4) is 0 Å². The topological polar surface area (TPSA) is 21.7 Å². The minimum absolute atomic E-state index is 0.280. The van der Waals surface area contributed by atoms with Gasteiger partial charge in [-0.2, -0.15) is 0 Å². The molecule has 0 amide bonds. The maximum Gasteiger partial charge on any atom is 0.119 e. The molecular formula is C22H29NO2. The lowest BCUT2D eigenvalue weighted by Gasteiger charge is -2.34. The summed E-state index contributed by atoms with van der Waals surface area (Å²) in [5, 5.41) is 0. The highest BCUT2D eigenvalue weighted by atomic mass is 16.5. The number of aryl methyl sites for hydroxylation is 2. The summed E-state index contributed by atoms with van der Waals surface area (Å²) in [6.07, 6.45) is 3.87. The van der Waals surface area contributed by atoms with Crippen LogP contribution in [0.5, 0.6) is 11.5 Å². The Hall–Kier alpha value is -2.00. The molecule has 3 nitrogen and oxygen atoms in total. The Morgan fingerprint density at radius 3 is 1.60 bits per heavy atom. The molecule has 1 heterocycles. The third kappa shape index (κ3) is 5.50. The summed E-state index contributed by atoms with van der Waals surface area (Å²) in [5.41, 5.74) is 2.50. The van der Waals surface area contributed by atoms with Crippen LogP contribution >= 0.6 is 0 Å². The molecule has 0 aliphatic carbocycles. The highest BCUT2D eigenvalue weighted by Crippen LogP contribution is 2.18. The quantitative estimate of drug-likeness (QED) is 0.735. The van der Waals surface area contributed by atoms with Gasteiger partial charge in [0.2, 0.25) is 0 Å². The van der Waals surface area contributed by atoms with Crippen LogP contribution in [0, 0.1) is 13.8 Å². The molecule has 3 rings (SSSR count). The number of hydrogen-bond donors (Lipinski definition) is 0. The highest BCUT2D eigenvalue weighted by molar-refractivity contribution is 5.27. The molecule has 0 N–H and O–H groups in total. The van der Waals surface area contributed by atoms with Crippen molar-refractivity contribution in [3.63, 3.8) is 0 Å². The fourth-order valence-corrected chi connectivity index (χ4v) is 3.20. The third-order valence-electron chi connectivity index (χ3n) is 4.83. The molecule has 2 aromatic carbocycles. The average Bonchev–Trinajstić information content (AvgIpc) is 2.65. The van der Waals surface area contributed by atoms with Gasteiger partial charge in [0.15, 0.2) is 0 Å². The number of piperidine rings is 1. The molecule has 25 heavy (non-hydrogen) atoms. The smallest absolute Gasteiger partial charge is 0.119 e. The van der Waals surface area contributed by atoms with E-state index in [1.807, 2.05) is 24.3 Å². The zero-order valence-corrected chi connectivity index (χ0v) is 15.4. The van der Waals surface area contributed by atoms with Gasteiger partial charge in [-0.15, -0.1) is 0 Å². The molecule has 0 radical (unpaired) electrons. The van der Waals surface area contributed by atoms with E-state index in [9.17, 15) is 0 Å². The predicted molar refractivity (Wildman–Crippen MR) is 103 cm³/mol. The predicted octanol–water partition coefficient (Wildman–Crippen LogP) is 4.62. The average molecular weight is 339 g/mol. The SMILES string of the molecule is Cc1ccc(OCC(COc2ccc(C)cc2)N2CCCCC2)cc1. The lowest BCUT2D eigenvalue weighted by molar-refractivity contribution is 0.0764. The van der Waals surface area contributed by atoms with Crippen LogP contribution < -0.4 is 9.47 Å². The summed E-state index contributed by atoms with van der Waals surface area (Å²) < 4.78 is 12.1. The van der Waals surface area contributed by atoms with Crippen molar-refractivity contribution < 1.29 is 9.47 Å². The largest absolute Gasteiger partial charge is 0.492 e. The fraction of sp³-hybridized carbons (Fsp3) is 0.455. The molecule has 1 aliphatic rings. The van der Waals surface area contributed by atoms with Gasteiger partial charge < -0.3 is 9.47 Å². The Morgan fingerprint density at radius 2 is 1.16 bits per heavy atom. The van der Waals surface area contributed by atoms with Gasteiger partial charge >= 0.3 is 0 Å². The second-order valence-corrected chi connectivity index (χ2v) is 7.00. The maximum absolute atomic E-state index is 6.06. The van der Waals surface area contributed by atoms with Crippen LogP contribution in [-0.4, -0.2) is 37.2 Å². The molecule has 1 aliphatic heterocycles. The van der Waals surface area contributed by atoms with Gasteiger partial charge in [-0.25, -0.2) is 0 Å². The first-order valence-corrected chi connectivity index (χ1v) is 9.34. The fourth-order valence-electron chi connectivity index (χ4n) is 3.20. The van der Waals surface area contributed by atoms with E-state index in [1.165, 1.54) is 30.4 Å². The minimum atomic E-state index is 0.280. The third-order valence-corrected chi connectivity index (χ3v) is 4.83. The van der Waals surface area contributed by atoms with Crippen molar-refractivity contribution in [2.24, 2.45) is 0 Å². The molecule has 2 aromatic rings. The van der Waals surface area contributed by atoms with Crippen molar-refractivity contribution in [3.8, 4) is 11.5 Å². The lowest BCUT2D eigenvalue weighted by Crippen LogP contribution is -2.46. The van der Waals surface area contributed by atoms with E-state index >= 15 is 0 Å². The van der Waals surface area contributed by atoms with Gasteiger partial charge in [-0.05, 0) is 64.0 Å². The van der Waals surface area contributed by atoms with Crippen molar-refractivity contribution >= 4 is 0 Å². The molecule has 0 saturated carbocycles. The first-order valence-electron chi connectivity index (χ1n) is 9.34. The second kappa shape index (κ2) is 8.91. The number of nitrogens with zero attached hydrogens (tertiary/aromatic N) is 1. The zero-order valence-electron chi connectivity index (χ0n) is 15.4. The number of ether oxygens (including phenoxy) is 2. The van der Waals surface area contributed by atoms with Crippen LogP contribution in [-0.2, 0) is 0 Å². The van der Waals surface area contributed by atoms with Crippen LogP contribution in [0.4, 0.5) is 0 Å². The number of hydrogen-bond acceptors (Lipinski definition) is 3. The summed E-state index contributed by atoms with van der Waals surface area (Å²) in [5.74, 6) is 1.87. The molecule has 134 valence electrons. The molecule has 3 heteroatoms. The zero-order chi connectivity index (χ0) is 17.5. The lowest BCUT2D eigenvalue weighted by atomic mass is 10.1. The molecule has 1 saturated heterocycles. The van der Waals surface area contributed by atoms with Gasteiger partial charge in [-0.3, -0.25) is 4.90 Å². The standard InChI is InChI=1S/C22H29NO2/c1-18-6-10-21(11-7-18)24-16-20(23-14-4-3-5-15-23)17-25-22-12-8-19(2)9-13-22/h6-13,20H,3-5,14-17H2,1-2H3. The van der Waals surface area contributed by atoms with E-state index in [4.69, 9.17) is 9.47 Å². The Labute approximate surface area is 151 Å². The van der Waals surface area contributed by atoms with E-state index in [0.717, 1.165) is 24.6 Å². The normalized spacial score (nSPS) is 15.3. The van der Waals surface area contributed by atoms with Gasteiger partial charge in [-0.1, -0.05) is 41.8 Å². The van der Waals surface area contributed by atoms with E-state index in [2.05, 4.69) is 43.0 Å². The minimum Gasteiger partial charge on any atom is -0.492 e. The van der Waals surface area contributed by atoms with Gasteiger partial charge in [0, 0.05) is 0 Å². The van der Waals surface area contributed by atoms with Crippen molar-refractivity contribution in [2.75, 3.05) is 26.3 Å². The molecule has 1 fully saturated rings. The first-order chi connectivity index (χ1) is 12.2. The van der Waals surface area contributed by atoms with Crippen molar-refractivity contribution in [2.45, 2.75) is 39.2 Å². The summed E-state index contributed by atoms with van der Waals surface area (Å²) >= 11 is 0. The number of benzene rings is 2. The highest BCUT2D eigenvalue weighted by Gasteiger charge is 2.22. The first kappa shape index (κ1) is 17.8. The van der Waals surface area contributed by atoms with E-state index in [0.29, 0.717) is 13.2 Å². The summed E-state index contributed by atoms with van der Waals surface area (Å²) in [7, 11) is 0. The van der Waals surface area contributed by atoms with Gasteiger partial charge in [0.05, 0.1) is 6.04 Å². The summed E-state index contributed by atoms with van der Waals surface area (Å²) in [6.45, 7) is 7.79. The van der Waals surface area contributed by atoms with Crippen LogP contribution in [0.1, 0.15) is 30.4 Å². The molecular weight excluding hydrogens is 310 g/mol. The van der Waals surface area contributed by atoms with Crippen molar-refractivity contribution in [1.82, 2.24) is 4.90 Å². The maximum atomic E-state index is 6.06. The summed E-state index contributed by atoms with van der Waals surface area (Å²) in [4.78, 5) is 2.52. The number of likely N-dealkylation sites (tertiary alicyclic amines) is 1. The molecule has 0 unspecified atom stereocenters. The number of rotatable bonds is 7. The Bertz CT molecular complexity index is 581. The van der Waals surface area contributed by atoms with Crippen LogP contribution in [0.15, 0.2) is 48.5 Å². The molecule has 0 aromatic heterocycles. The van der Waals surface area contributed by atoms with Gasteiger partial charge in [0.1, 0.15) is 24.7 Å². The Kier molecular flexibility index (Phi) is 6.35. The molecule has 0 atom stereocenters. The molecule has 0 bridgehead atoms. The van der Waals surface area contributed by atoms with Crippen LogP contribution in [0.2, 0.25) is 0 Å². The molecule has 0 spiro atoms. The van der Waals surface area contributed by atoms with Crippen LogP contribution in [0.25, 0.3) is 0 Å². The van der Waals surface area contributed by atoms with Crippen molar-refractivity contribution in [1.29, 1.82) is 0 Å². The van der Waals surface area contributed by atoms with E-state index in [-0.39, 0.29) is 6.04 Å². The van der Waals surface area contributed by atoms with E-state index in [1.54, 1.807) is 0 Å².